The van der Waals surface area contributed by atoms with E-state index >= 15 is 0 Å². The first kappa shape index (κ1) is 17.8. The number of ether oxygens (including phenoxy) is 1. The van der Waals surface area contributed by atoms with E-state index in [-0.39, 0.29) is 12.6 Å². The van der Waals surface area contributed by atoms with Crippen LogP contribution in [0.4, 0.5) is 0 Å². The third-order valence-corrected chi connectivity index (χ3v) is 5.22. The lowest BCUT2D eigenvalue weighted by Crippen LogP contribution is -2.55. The van der Waals surface area contributed by atoms with Gasteiger partial charge in [0.2, 0.25) is 0 Å². The molecule has 1 saturated carbocycles. The molecule has 5 heteroatoms. The SMILES string of the molecule is CCCNC1(C(=O)OC)CCCC1CCSCCCO. The minimum absolute atomic E-state index is 0.0891. The monoisotopic (exact) mass is 303 g/mol. The van der Waals surface area contributed by atoms with Crippen molar-refractivity contribution in [3.05, 3.63) is 0 Å². The van der Waals surface area contributed by atoms with Crippen molar-refractivity contribution in [3.63, 3.8) is 0 Å². The van der Waals surface area contributed by atoms with Crippen molar-refractivity contribution < 1.29 is 14.6 Å². The third-order valence-electron chi connectivity index (χ3n) is 4.12. The first-order valence-corrected chi connectivity index (χ1v) is 8.88. The molecule has 118 valence electrons. The Hall–Kier alpha value is -0.260. The summed E-state index contributed by atoms with van der Waals surface area (Å²) in [7, 11) is 1.49. The van der Waals surface area contributed by atoms with Crippen LogP contribution in [0.3, 0.4) is 0 Å². The van der Waals surface area contributed by atoms with Crippen LogP contribution in [0.1, 0.15) is 45.4 Å². The van der Waals surface area contributed by atoms with E-state index in [2.05, 4.69) is 12.2 Å². The van der Waals surface area contributed by atoms with Crippen LogP contribution in [0.25, 0.3) is 0 Å². The largest absolute Gasteiger partial charge is 0.468 e. The molecule has 1 rings (SSSR count). The molecule has 0 heterocycles. The van der Waals surface area contributed by atoms with Gasteiger partial charge in [0.05, 0.1) is 7.11 Å². The summed E-state index contributed by atoms with van der Waals surface area (Å²) in [5.41, 5.74) is -0.456. The molecule has 0 saturated heterocycles. The van der Waals surface area contributed by atoms with E-state index in [9.17, 15) is 4.79 Å². The number of rotatable bonds is 10. The van der Waals surface area contributed by atoms with Crippen molar-refractivity contribution in [2.24, 2.45) is 5.92 Å². The minimum atomic E-state index is -0.456. The lowest BCUT2D eigenvalue weighted by Gasteiger charge is -2.34. The number of methoxy groups -OCH3 is 1. The van der Waals surface area contributed by atoms with Gasteiger partial charge in [0.1, 0.15) is 5.54 Å². The highest BCUT2D eigenvalue weighted by molar-refractivity contribution is 7.99. The predicted octanol–water partition coefficient (Wildman–Crippen LogP) is 2.20. The Morgan fingerprint density at radius 2 is 2.30 bits per heavy atom. The number of thioether (sulfide) groups is 1. The summed E-state index contributed by atoms with van der Waals surface area (Å²) in [5, 5.41) is 12.3. The van der Waals surface area contributed by atoms with E-state index in [1.54, 1.807) is 0 Å². The predicted molar refractivity (Wildman–Crippen MR) is 84.0 cm³/mol. The Bertz CT molecular complexity index is 288. The van der Waals surface area contributed by atoms with Crippen LogP contribution in [0.15, 0.2) is 0 Å². The maximum atomic E-state index is 12.3. The molecule has 2 unspecified atom stereocenters. The van der Waals surface area contributed by atoms with Gasteiger partial charge in [-0.05, 0) is 56.1 Å². The van der Waals surface area contributed by atoms with Crippen LogP contribution in [0.5, 0.6) is 0 Å². The number of nitrogens with one attached hydrogen (secondary N) is 1. The average molecular weight is 303 g/mol. The highest BCUT2D eigenvalue weighted by Gasteiger charge is 2.48. The maximum absolute atomic E-state index is 12.3. The summed E-state index contributed by atoms with van der Waals surface area (Å²) in [5.74, 6) is 2.34. The fourth-order valence-corrected chi connectivity index (χ4v) is 4.06. The lowest BCUT2D eigenvalue weighted by atomic mass is 9.85. The Kier molecular flexibility index (Phi) is 8.57. The Morgan fingerprint density at radius 1 is 1.50 bits per heavy atom. The van der Waals surface area contributed by atoms with Crippen molar-refractivity contribution in [2.75, 3.05) is 31.8 Å². The zero-order valence-corrected chi connectivity index (χ0v) is 13.6. The van der Waals surface area contributed by atoms with Crippen molar-refractivity contribution in [2.45, 2.75) is 51.0 Å². The van der Waals surface area contributed by atoms with Gasteiger partial charge in [-0.15, -0.1) is 0 Å². The summed E-state index contributed by atoms with van der Waals surface area (Å²) in [6.07, 6.45) is 6.01. The van der Waals surface area contributed by atoms with Gasteiger partial charge >= 0.3 is 5.97 Å². The zero-order valence-electron chi connectivity index (χ0n) is 12.8. The van der Waals surface area contributed by atoms with E-state index in [0.717, 1.165) is 56.6 Å². The standard InChI is InChI=1S/C15H29NO3S/c1-3-9-16-15(14(18)19-2)8-4-6-13(15)7-12-20-11-5-10-17/h13,16-17H,3-12H2,1-2H3. The number of aliphatic hydroxyl groups is 1. The van der Waals surface area contributed by atoms with E-state index in [0.29, 0.717) is 5.92 Å². The van der Waals surface area contributed by atoms with Gasteiger partial charge in [0.15, 0.2) is 0 Å². The molecule has 0 bridgehead atoms. The Balaban J connectivity index is 2.54. The average Bonchev–Trinajstić information content (AvgIpc) is 2.88. The van der Waals surface area contributed by atoms with Crippen LogP contribution in [0.2, 0.25) is 0 Å². The molecule has 2 N–H and O–H groups in total. The highest BCUT2D eigenvalue weighted by atomic mass is 32.2. The molecule has 0 spiro atoms. The van der Waals surface area contributed by atoms with Gasteiger partial charge in [0.25, 0.3) is 0 Å². The molecule has 0 radical (unpaired) electrons. The number of aliphatic hydroxyl groups excluding tert-OH is 1. The molecule has 0 aromatic rings. The molecule has 4 nitrogen and oxygen atoms in total. The first-order chi connectivity index (χ1) is 9.71. The van der Waals surface area contributed by atoms with Crippen LogP contribution in [0, 0.1) is 5.92 Å². The highest BCUT2D eigenvalue weighted by Crippen LogP contribution is 2.39. The van der Waals surface area contributed by atoms with Gasteiger partial charge in [-0.1, -0.05) is 13.3 Å². The number of hydrogen-bond donors (Lipinski definition) is 2. The Morgan fingerprint density at radius 3 is 2.95 bits per heavy atom. The molecule has 20 heavy (non-hydrogen) atoms. The van der Waals surface area contributed by atoms with E-state index < -0.39 is 5.54 Å². The molecule has 1 aliphatic rings. The number of carbonyl (C=O) groups excluding carboxylic acids is 1. The molecule has 1 fully saturated rings. The van der Waals surface area contributed by atoms with Crippen LogP contribution >= 0.6 is 11.8 Å². The van der Waals surface area contributed by atoms with Crippen molar-refractivity contribution in [1.82, 2.24) is 5.32 Å². The molecular weight excluding hydrogens is 274 g/mol. The lowest BCUT2D eigenvalue weighted by molar-refractivity contribution is -0.150. The van der Waals surface area contributed by atoms with Crippen LogP contribution in [-0.4, -0.2) is 48.4 Å². The smallest absolute Gasteiger partial charge is 0.326 e. The summed E-state index contributed by atoms with van der Waals surface area (Å²) >= 11 is 1.87. The van der Waals surface area contributed by atoms with Crippen molar-refractivity contribution in [1.29, 1.82) is 0 Å². The van der Waals surface area contributed by atoms with Crippen LogP contribution in [-0.2, 0) is 9.53 Å². The minimum Gasteiger partial charge on any atom is -0.468 e. The first-order valence-electron chi connectivity index (χ1n) is 7.73. The van der Waals surface area contributed by atoms with Crippen molar-refractivity contribution in [3.8, 4) is 0 Å². The molecule has 0 aromatic carbocycles. The van der Waals surface area contributed by atoms with Gasteiger partial charge in [0, 0.05) is 6.61 Å². The second kappa shape index (κ2) is 9.64. The van der Waals surface area contributed by atoms with E-state index in [4.69, 9.17) is 9.84 Å². The van der Waals surface area contributed by atoms with Gasteiger partial charge in [-0.3, -0.25) is 4.79 Å². The number of carbonyl (C=O) groups is 1. The number of esters is 1. The molecular formula is C15H29NO3S. The summed E-state index contributed by atoms with van der Waals surface area (Å²) in [6.45, 7) is 3.25. The summed E-state index contributed by atoms with van der Waals surface area (Å²) < 4.78 is 5.07. The molecule has 2 atom stereocenters. The third kappa shape index (κ3) is 4.64. The summed E-state index contributed by atoms with van der Waals surface area (Å²) in [6, 6.07) is 0. The maximum Gasteiger partial charge on any atom is 0.326 e. The Labute approximate surface area is 127 Å². The zero-order chi connectivity index (χ0) is 14.8. The van der Waals surface area contributed by atoms with Gasteiger partial charge in [-0.2, -0.15) is 11.8 Å². The second-order valence-electron chi connectivity index (χ2n) is 5.46. The quantitative estimate of drug-likeness (QED) is 0.479. The topological polar surface area (TPSA) is 58.6 Å². The van der Waals surface area contributed by atoms with Gasteiger partial charge in [-0.25, -0.2) is 0 Å². The van der Waals surface area contributed by atoms with Gasteiger partial charge < -0.3 is 15.2 Å². The van der Waals surface area contributed by atoms with Crippen molar-refractivity contribution >= 4 is 17.7 Å². The molecule has 0 aliphatic heterocycles. The molecule has 0 aromatic heterocycles. The number of hydrogen-bond acceptors (Lipinski definition) is 5. The van der Waals surface area contributed by atoms with Crippen LogP contribution < -0.4 is 5.32 Å². The molecule has 1 aliphatic carbocycles. The summed E-state index contributed by atoms with van der Waals surface area (Å²) in [4.78, 5) is 12.3. The fraction of sp³-hybridized carbons (Fsp3) is 0.933. The second-order valence-corrected chi connectivity index (χ2v) is 6.68. The van der Waals surface area contributed by atoms with E-state index in [1.165, 1.54) is 7.11 Å². The van der Waals surface area contributed by atoms with E-state index in [1.807, 2.05) is 11.8 Å². The molecule has 0 amide bonds. The normalized spacial score (nSPS) is 25.9. The fourth-order valence-electron chi connectivity index (χ4n) is 3.07.